The summed E-state index contributed by atoms with van der Waals surface area (Å²) in [7, 11) is 3.04. The molecule has 0 spiro atoms. The molecule has 0 saturated heterocycles. The molecule has 9 heavy (non-hydrogen) atoms. The van der Waals surface area contributed by atoms with E-state index in [1.54, 1.807) is 7.05 Å². The van der Waals surface area contributed by atoms with Crippen molar-refractivity contribution in [2.75, 3.05) is 20.7 Å². The first-order valence-corrected chi connectivity index (χ1v) is 2.80. The summed E-state index contributed by atoms with van der Waals surface area (Å²) in [5, 5.41) is 0. The van der Waals surface area contributed by atoms with Crippen molar-refractivity contribution in [3.63, 3.8) is 0 Å². The minimum absolute atomic E-state index is 0.307. The highest BCUT2D eigenvalue weighted by Gasteiger charge is 2.03. The normalized spacial score (nSPS) is 8.78. The molecule has 0 aromatic heterocycles. The first kappa shape index (κ1) is 8.27. The van der Waals surface area contributed by atoms with Crippen LogP contribution in [0, 0.1) is 6.92 Å². The first-order valence-electron chi connectivity index (χ1n) is 2.80. The lowest BCUT2D eigenvalue weighted by atomic mass is 10.5. The summed E-state index contributed by atoms with van der Waals surface area (Å²) in [5.41, 5.74) is 0. The van der Waals surface area contributed by atoms with Crippen molar-refractivity contribution >= 4 is 6.09 Å². The van der Waals surface area contributed by atoms with Gasteiger partial charge < -0.3 is 9.64 Å². The molecular weight excluding hydrogens is 118 g/mol. The minimum Gasteiger partial charge on any atom is -0.453 e. The number of methoxy groups -OCH3 is 1. The topological polar surface area (TPSA) is 29.5 Å². The fourth-order valence-electron chi connectivity index (χ4n) is 0.484. The summed E-state index contributed by atoms with van der Waals surface area (Å²) >= 11 is 0. The third kappa shape index (κ3) is 2.95. The second kappa shape index (κ2) is 4.18. The van der Waals surface area contributed by atoms with Crippen LogP contribution in [0.15, 0.2) is 0 Å². The zero-order valence-electron chi connectivity index (χ0n) is 5.89. The van der Waals surface area contributed by atoms with Gasteiger partial charge in [0.25, 0.3) is 0 Å². The Morgan fingerprint density at radius 1 is 1.78 bits per heavy atom. The van der Waals surface area contributed by atoms with Crippen LogP contribution in [-0.2, 0) is 4.74 Å². The molecule has 53 valence electrons. The van der Waals surface area contributed by atoms with Gasteiger partial charge in [-0.1, -0.05) is 6.92 Å². The van der Waals surface area contributed by atoms with Gasteiger partial charge in [-0.05, 0) is 6.42 Å². The van der Waals surface area contributed by atoms with E-state index >= 15 is 0 Å². The number of carbonyl (C=O) groups excluding carboxylic acids is 1. The number of rotatable bonds is 2. The molecule has 0 aliphatic rings. The Kier molecular flexibility index (Phi) is 3.84. The molecular formula is C6H12NO2. The van der Waals surface area contributed by atoms with E-state index < -0.39 is 0 Å². The highest BCUT2D eigenvalue weighted by atomic mass is 16.5. The molecule has 0 fully saturated rings. The van der Waals surface area contributed by atoms with Gasteiger partial charge in [-0.15, -0.1) is 0 Å². The monoisotopic (exact) mass is 130 g/mol. The Morgan fingerprint density at radius 3 is 2.67 bits per heavy atom. The van der Waals surface area contributed by atoms with Crippen LogP contribution in [0.3, 0.4) is 0 Å². The Morgan fingerprint density at radius 2 is 2.33 bits per heavy atom. The van der Waals surface area contributed by atoms with Crippen molar-refractivity contribution in [1.29, 1.82) is 0 Å². The second-order valence-corrected chi connectivity index (χ2v) is 1.75. The Labute approximate surface area is 55.6 Å². The van der Waals surface area contributed by atoms with E-state index in [2.05, 4.69) is 11.7 Å². The maximum atomic E-state index is 10.6. The second-order valence-electron chi connectivity index (χ2n) is 1.75. The first-order chi connectivity index (χ1) is 4.22. The molecule has 0 bridgehead atoms. The van der Waals surface area contributed by atoms with Crippen molar-refractivity contribution < 1.29 is 9.53 Å². The number of hydrogen-bond acceptors (Lipinski definition) is 2. The molecule has 0 heterocycles. The number of carbonyl (C=O) groups is 1. The molecule has 1 amide bonds. The molecule has 0 N–H and O–H groups in total. The molecule has 0 aromatic rings. The number of nitrogens with zero attached hydrogens (tertiary/aromatic N) is 1. The summed E-state index contributed by atoms with van der Waals surface area (Å²) in [6.07, 6.45) is 0.407. The van der Waals surface area contributed by atoms with Gasteiger partial charge in [0.15, 0.2) is 0 Å². The Bertz CT molecular complexity index is 93.1. The van der Waals surface area contributed by atoms with Crippen molar-refractivity contribution in [1.82, 2.24) is 4.90 Å². The van der Waals surface area contributed by atoms with Gasteiger partial charge in [-0.3, -0.25) is 0 Å². The van der Waals surface area contributed by atoms with Crippen LogP contribution >= 0.6 is 0 Å². The molecule has 1 radical (unpaired) electrons. The van der Waals surface area contributed by atoms with Crippen LogP contribution in [0.2, 0.25) is 0 Å². The number of hydrogen-bond donors (Lipinski definition) is 0. The predicted octanol–water partition coefficient (Wildman–Crippen LogP) is 0.909. The summed E-state index contributed by atoms with van der Waals surface area (Å²) in [6.45, 7) is 4.24. The van der Waals surface area contributed by atoms with Gasteiger partial charge >= 0.3 is 6.09 Å². The van der Waals surface area contributed by atoms with E-state index in [-0.39, 0.29) is 6.09 Å². The Hall–Kier alpha value is -0.730. The fraction of sp³-hybridized carbons (Fsp3) is 0.667. The van der Waals surface area contributed by atoms with Gasteiger partial charge in [0.1, 0.15) is 0 Å². The predicted molar refractivity (Wildman–Crippen MR) is 35.0 cm³/mol. The highest BCUT2D eigenvalue weighted by Crippen LogP contribution is 1.88. The average molecular weight is 130 g/mol. The van der Waals surface area contributed by atoms with Crippen molar-refractivity contribution in [3.05, 3.63) is 6.92 Å². The average Bonchev–Trinajstić information content (AvgIpc) is 1.87. The largest absolute Gasteiger partial charge is 0.453 e. The van der Waals surface area contributed by atoms with E-state index in [0.29, 0.717) is 13.0 Å². The van der Waals surface area contributed by atoms with Gasteiger partial charge in [-0.25, -0.2) is 4.79 Å². The minimum atomic E-state index is -0.307. The van der Waals surface area contributed by atoms with Crippen molar-refractivity contribution in [3.8, 4) is 0 Å². The summed E-state index contributed by atoms with van der Waals surface area (Å²) < 4.78 is 4.42. The third-order valence-electron chi connectivity index (χ3n) is 0.980. The summed E-state index contributed by atoms with van der Waals surface area (Å²) in [6, 6.07) is 0. The zero-order chi connectivity index (χ0) is 7.28. The van der Waals surface area contributed by atoms with Crippen LogP contribution in [0.4, 0.5) is 4.79 Å². The van der Waals surface area contributed by atoms with Gasteiger partial charge in [0, 0.05) is 13.6 Å². The van der Waals surface area contributed by atoms with Crippen LogP contribution in [0.1, 0.15) is 6.42 Å². The lowest BCUT2D eigenvalue weighted by Gasteiger charge is -2.12. The standard InChI is InChI=1S/C6H12NO2/c1-4-5-7(2)6(8)9-3/h1,4-5H2,2-3H3. The quantitative estimate of drug-likeness (QED) is 0.556. The number of ether oxygens (including phenoxy) is 1. The smallest absolute Gasteiger partial charge is 0.409 e. The highest BCUT2D eigenvalue weighted by molar-refractivity contribution is 5.66. The van der Waals surface area contributed by atoms with Crippen LogP contribution in [0.25, 0.3) is 0 Å². The lowest BCUT2D eigenvalue weighted by molar-refractivity contribution is 0.134. The van der Waals surface area contributed by atoms with Crippen LogP contribution in [-0.4, -0.2) is 31.7 Å². The van der Waals surface area contributed by atoms with E-state index in [1.165, 1.54) is 12.0 Å². The molecule has 0 atom stereocenters. The van der Waals surface area contributed by atoms with Crippen molar-refractivity contribution in [2.45, 2.75) is 6.42 Å². The van der Waals surface area contributed by atoms with Gasteiger partial charge in [0.2, 0.25) is 0 Å². The van der Waals surface area contributed by atoms with E-state index in [4.69, 9.17) is 0 Å². The van der Waals surface area contributed by atoms with E-state index in [0.717, 1.165) is 0 Å². The molecule has 0 rings (SSSR count). The summed E-state index contributed by atoms with van der Waals surface area (Å²) in [4.78, 5) is 12.1. The van der Waals surface area contributed by atoms with E-state index in [9.17, 15) is 4.79 Å². The molecule has 3 heteroatoms. The number of amides is 1. The maximum Gasteiger partial charge on any atom is 0.409 e. The lowest BCUT2D eigenvalue weighted by Crippen LogP contribution is -2.26. The zero-order valence-corrected chi connectivity index (χ0v) is 5.89. The summed E-state index contributed by atoms with van der Waals surface area (Å²) in [5.74, 6) is 0. The van der Waals surface area contributed by atoms with Gasteiger partial charge in [-0.2, -0.15) is 0 Å². The van der Waals surface area contributed by atoms with Crippen molar-refractivity contribution in [2.24, 2.45) is 0 Å². The maximum absolute atomic E-state index is 10.6. The van der Waals surface area contributed by atoms with Crippen LogP contribution < -0.4 is 0 Å². The molecule has 0 aliphatic heterocycles. The SMILES string of the molecule is [CH2]CCN(C)C(=O)OC. The van der Waals surface area contributed by atoms with Gasteiger partial charge in [0.05, 0.1) is 7.11 Å². The van der Waals surface area contributed by atoms with E-state index in [1.807, 2.05) is 0 Å². The molecule has 0 aromatic carbocycles. The molecule has 0 unspecified atom stereocenters. The van der Waals surface area contributed by atoms with Crippen LogP contribution in [0.5, 0.6) is 0 Å². The fourth-order valence-corrected chi connectivity index (χ4v) is 0.484. The molecule has 3 nitrogen and oxygen atoms in total. The Balaban J connectivity index is 3.45. The molecule has 0 aliphatic carbocycles. The molecule has 0 saturated carbocycles. The third-order valence-corrected chi connectivity index (χ3v) is 0.980.